The SMILES string of the molecule is CC(=O)Nc1ccc(C)c(NC(C)C2CC3C=CC2C3)c1. The molecular weight excluding hydrogens is 260 g/mol. The van der Waals surface area contributed by atoms with Gasteiger partial charge in [0.05, 0.1) is 0 Å². The second kappa shape index (κ2) is 5.55. The van der Waals surface area contributed by atoms with Crippen LogP contribution < -0.4 is 10.6 Å². The lowest BCUT2D eigenvalue weighted by Crippen LogP contribution is -2.29. The fraction of sp³-hybridized carbons (Fsp3) is 0.500. The Hall–Kier alpha value is -1.77. The smallest absolute Gasteiger partial charge is 0.221 e. The van der Waals surface area contributed by atoms with Gasteiger partial charge in [0.2, 0.25) is 5.91 Å². The Morgan fingerprint density at radius 2 is 2.10 bits per heavy atom. The summed E-state index contributed by atoms with van der Waals surface area (Å²) in [6, 6.07) is 6.50. The summed E-state index contributed by atoms with van der Waals surface area (Å²) in [5.41, 5.74) is 3.20. The topological polar surface area (TPSA) is 41.1 Å². The second-order valence-electron chi connectivity index (χ2n) is 6.59. The van der Waals surface area contributed by atoms with Crippen molar-refractivity contribution in [2.24, 2.45) is 17.8 Å². The molecule has 4 unspecified atom stereocenters. The van der Waals surface area contributed by atoms with Crippen LogP contribution in [0.15, 0.2) is 30.4 Å². The van der Waals surface area contributed by atoms with Gasteiger partial charge in [-0.25, -0.2) is 0 Å². The van der Waals surface area contributed by atoms with Gasteiger partial charge in [0, 0.05) is 24.3 Å². The first kappa shape index (κ1) is 14.2. The van der Waals surface area contributed by atoms with E-state index in [1.54, 1.807) is 0 Å². The van der Waals surface area contributed by atoms with Crippen molar-refractivity contribution in [3.63, 3.8) is 0 Å². The molecule has 2 aliphatic carbocycles. The van der Waals surface area contributed by atoms with E-state index in [9.17, 15) is 4.79 Å². The molecule has 2 N–H and O–H groups in total. The molecule has 1 aromatic carbocycles. The Morgan fingerprint density at radius 1 is 1.29 bits per heavy atom. The zero-order valence-electron chi connectivity index (χ0n) is 13.0. The van der Waals surface area contributed by atoms with Gasteiger partial charge < -0.3 is 10.6 Å². The molecule has 0 radical (unpaired) electrons. The molecule has 0 spiro atoms. The third-order valence-corrected chi connectivity index (χ3v) is 4.91. The van der Waals surface area contributed by atoms with E-state index in [1.807, 2.05) is 12.1 Å². The minimum Gasteiger partial charge on any atom is -0.382 e. The largest absolute Gasteiger partial charge is 0.382 e. The number of carbonyl (C=O) groups excluding carboxylic acids is 1. The maximum absolute atomic E-state index is 11.2. The summed E-state index contributed by atoms with van der Waals surface area (Å²) >= 11 is 0. The molecule has 0 aromatic heterocycles. The first-order valence-electron chi connectivity index (χ1n) is 7.86. The summed E-state index contributed by atoms with van der Waals surface area (Å²) in [5.74, 6) is 2.24. The van der Waals surface area contributed by atoms with Crippen molar-refractivity contribution < 1.29 is 4.79 Å². The van der Waals surface area contributed by atoms with Crippen LogP contribution in [0, 0.1) is 24.7 Å². The molecule has 0 saturated heterocycles. The van der Waals surface area contributed by atoms with Crippen LogP contribution in [0.1, 0.15) is 32.3 Å². The van der Waals surface area contributed by atoms with Gasteiger partial charge in [-0.2, -0.15) is 0 Å². The number of allylic oxidation sites excluding steroid dienone is 2. The number of fused-ring (bicyclic) bond motifs is 2. The molecule has 1 fully saturated rings. The lowest BCUT2D eigenvalue weighted by molar-refractivity contribution is -0.114. The van der Waals surface area contributed by atoms with Crippen molar-refractivity contribution in [1.29, 1.82) is 0 Å². The van der Waals surface area contributed by atoms with Crippen LogP contribution in [0.4, 0.5) is 11.4 Å². The number of anilines is 2. The quantitative estimate of drug-likeness (QED) is 0.822. The Bertz CT molecular complexity index is 579. The lowest BCUT2D eigenvalue weighted by atomic mass is 9.87. The van der Waals surface area contributed by atoms with Gasteiger partial charge in [-0.1, -0.05) is 18.2 Å². The normalized spacial score (nSPS) is 27.7. The van der Waals surface area contributed by atoms with Crippen LogP contribution in [0.2, 0.25) is 0 Å². The first-order valence-corrected chi connectivity index (χ1v) is 7.86. The predicted octanol–water partition coefficient (Wildman–Crippen LogP) is 3.97. The zero-order chi connectivity index (χ0) is 15.0. The number of benzene rings is 1. The van der Waals surface area contributed by atoms with Crippen molar-refractivity contribution in [2.45, 2.75) is 39.7 Å². The average molecular weight is 284 g/mol. The highest BCUT2D eigenvalue weighted by molar-refractivity contribution is 5.89. The van der Waals surface area contributed by atoms with Crippen LogP contribution >= 0.6 is 0 Å². The lowest BCUT2D eigenvalue weighted by Gasteiger charge is -2.28. The van der Waals surface area contributed by atoms with Gasteiger partial charge in [0.15, 0.2) is 0 Å². The molecule has 2 bridgehead atoms. The number of carbonyl (C=O) groups is 1. The molecule has 1 saturated carbocycles. The summed E-state index contributed by atoms with van der Waals surface area (Å²) in [7, 11) is 0. The maximum atomic E-state index is 11.2. The zero-order valence-corrected chi connectivity index (χ0v) is 13.0. The van der Waals surface area contributed by atoms with Crippen LogP contribution in [-0.2, 0) is 4.79 Å². The molecule has 112 valence electrons. The first-order chi connectivity index (χ1) is 10.0. The van der Waals surface area contributed by atoms with Crippen LogP contribution in [0.5, 0.6) is 0 Å². The number of hydrogen-bond acceptors (Lipinski definition) is 2. The van der Waals surface area contributed by atoms with Gasteiger partial charge in [-0.3, -0.25) is 4.79 Å². The Kier molecular flexibility index (Phi) is 3.75. The van der Waals surface area contributed by atoms with E-state index >= 15 is 0 Å². The average Bonchev–Trinajstić information content (AvgIpc) is 3.04. The number of amides is 1. The van der Waals surface area contributed by atoms with Gasteiger partial charge in [-0.15, -0.1) is 0 Å². The van der Waals surface area contributed by atoms with Crippen molar-refractivity contribution in [1.82, 2.24) is 0 Å². The van der Waals surface area contributed by atoms with Crippen molar-refractivity contribution in [3.8, 4) is 0 Å². The van der Waals surface area contributed by atoms with E-state index in [0.717, 1.165) is 29.1 Å². The molecule has 1 aromatic rings. The number of hydrogen-bond donors (Lipinski definition) is 2. The van der Waals surface area contributed by atoms with Gasteiger partial charge in [0.25, 0.3) is 0 Å². The van der Waals surface area contributed by atoms with E-state index in [4.69, 9.17) is 0 Å². The maximum Gasteiger partial charge on any atom is 0.221 e. The summed E-state index contributed by atoms with van der Waals surface area (Å²) < 4.78 is 0. The van der Waals surface area contributed by atoms with Crippen LogP contribution in [-0.4, -0.2) is 11.9 Å². The number of rotatable bonds is 4. The monoisotopic (exact) mass is 284 g/mol. The highest BCUT2D eigenvalue weighted by Gasteiger charge is 2.38. The summed E-state index contributed by atoms with van der Waals surface area (Å²) in [6.45, 7) is 5.92. The predicted molar refractivity (Wildman–Crippen MR) is 87.4 cm³/mol. The van der Waals surface area contributed by atoms with E-state index in [1.165, 1.54) is 25.3 Å². The Labute approximate surface area is 126 Å². The van der Waals surface area contributed by atoms with E-state index in [2.05, 4.69) is 42.7 Å². The minimum atomic E-state index is -0.0314. The van der Waals surface area contributed by atoms with E-state index in [-0.39, 0.29) is 5.91 Å². The third kappa shape index (κ3) is 2.97. The second-order valence-corrected chi connectivity index (χ2v) is 6.59. The third-order valence-electron chi connectivity index (χ3n) is 4.91. The van der Waals surface area contributed by atoms with Crippen LogP contribution in [0.3, 0.4) is 0 Å². The molecule has 4 atom stereocenters. The summed E-state index contributed by atoms with van der Waals surface area (Å²) in [6.07, 6.45) is 7.43. The fourth-order valence-electron chi connectivity index (χ4n) is 3.81. The van der Waals surface area contributed by atoms with Crippen LogP contribution in [0.25, 0.3) is 0 Å². The molecule has 3 nitrogen and oxygen atoms in total. The Balaban J connectivity index is 1.71. The standard InChI is InChI=1S/C18H24N2O/c1-11-4-7-16(20-13(3)21)10-18(11)19-12(2)17-9-14-5-6-15(17)8-14/h4-7,10,12,14-15,17,19H,8-9H2,1-3H3,(H,20,21). The molecule has 0 aliphatic heterocycles. The Morgan fingerprint density at radius 3 is 2.71 bits per heavy atom. The molecule has 21 heavy (non-hydrogen) atoms. The number of nitrogens with one attached hydrogen (secondary N) is 2. The molecular formula is C18H24N2O. The van der Waals surface area contributed by atoms with Gasteiger partial charge in [0.1, 0.15) is 0 Å². The molecule has 3 heteroatoms. The number of aryl methyl sites for hydroxylation is 1. The van der Waals surface area contributed by atoms with E-state index in [0.29, 0.717) is 6.04 Å². The summed E-state index contributed by atoms with van der Waals surface area (Å²) in [5, 5.41) is 6.52. The molecule has 0 heterocycles. The van der Waals surface area contributed by atoms with Gasteiger partial charge in [-0.05, 0) is 62.1 Å². The van der Waals surface area contributed by atoms with Gasteiger partial charge >= 0.3 is 0 Å². The van der Waals surface area contributed by atoms with E-state index < -0.39 is 0 Å². The molecule has 2 aliphatic rings. The highest BCUT2D eigenvalue weighted by atomic mass is 16.1. The van der Waals surface area contributed by atoms with Crippen molar-refractivity contribution in [2.75, 3.05) is 10.6 Å². The minimum absolute atomic E-state index is 0.0314. The van der Waals surface area contributed by atoms with Crippen molar-refractivity contribution in [3.05, 3.63) is 35.9 Å². The van der Waals surface area contributed by atoms with Crippen molar-refractivity contribution >= 4 is 17.3 Å². The summed E-state index contributed by atoms with van der Waals surface area (Å²) in [4.78, 5) is 11.2. The molecule has 1 amide bonds. The highest BCUT2D eigenvalue weighted by Crippen LogP contribution is 2.45. The molecule has 3 rings (SSSR count). The fourth-order valence-corrected chi connectivity index (χ4v) is 3.81.